The van der Waals surface area contributed by atoms with Crippen LogP contribution in [-0.2, 0) is 0 Å². The minimum absolute atomic E-state index is 0.903. The average Bonchev–Trinajstić information content (AvgIpc) is 1.72. The Hall–Kier alpha value is -0.460. The zero-order chi connectivity index (χ0) is 5.70. The first-order valence-electron chi connectivity index (χ1n) is 2.65. The molecule has 0 N–H and O–H groups in total. The van der Waals surface area contributed by atoms with Crippen LogP contribution in [0.1, 0.15) is 26.7 Å². The maximum atomic E-state index is 9.93. The van der Waals surface area contributed by atoms with Gasteiger partial charge in [0.15, 0.2) is 0 Å². The lowest BCUT2D eigenvalue weighted by Crippen LogP contribution is -1.90. The van der Waals surface area contributed by atoms with Gasteiger partial charge >= 0.3 is 0 Å². The first-order valence-corrected chi connectivity index (χ1v) is 2.65. The predicted octanol–water partition coefficient (Wildman–Crippen LogP) is 1.05. The van der Waals surface area contributed by atoms with Crippen molar-refractivity contribution in [2.45, 2.75) is 26.7 Å². The van der Waals surface area contributed by atoms with Crippen LogP contribution in [0.15, 0.2) is 11.8 Å². The summed E-state index contributed by atoms with van der Waals surface area (Å²) < 4.78 is 0. The second-order valence-electron chi connectivity index (χ2n) is 1.48. The van der Waals surface area contributed by atoms with Crippen molar-refractivity contribution in [2.24, 2.45) is 0 Å². The van der Waals surface area contributed by atoms with Crippen molar-refractivity contribution in [1.29, 1.82) is 0 Å². The molecule has 0 aliphatic carbocycles. The summed E-state index contributed by atoms with van der Waals surface area (Å²) in [6.45, 7) is 3.99. The van der Waals surface area contributed by atoms with E-state index < -0.39 is 0 Å². The molecule has 0 fully saturated rings. The highest BCUT2D eigenvalue weighted by atomic mass is 16.2. The lowest BCUT2D eigenvalue weighted by atomic mass is 10.2. The van der Waals surface area contributed by atoms with E-state index >= 15 is 0 Å². The van der Waals surface area contributed by atoms with Gasteiger partial charge in [-0.2, -0.15) is 0 Å². The van der Waals surface area contributed by atoms with Crippen LogP contribution in [0.3, 0.4) is 0 Å². The Kier molecular flexibility index (Phi) is 3.48. The third-order valence-electron chi connectivity index (χ3n) is 1.07. The summed E-state index contributed by atoms with van der Waals surface area (Å²) in [5.74, 6) is 0. The topological polar surface area (TPSA) is 23.1 Å². The molecule has 0 aromatic heterocycles. The number of hydrogen-bond donors (Lipinski definition) is 0. The van der Waals surface area contributed by atoms with Crippen molar-refractivity contribution in [1.82, 2.24) is 0 Å². The van der Waals surface area contributed by atoms with Crippen molar-refractivity contribution >= 4 is 0 Å². The van der Waals surface area contributed by atoms with Crippen molar-refractivity contribution in [2.75, 3.05) is 0 Å². The van der Waals surface area contributed by atoms with Crippen molar-refractivity contribution in [3.05, 3.63) is 11.8 Å². The molecule has 0 saturated carbocycles. The zero-order valence-electron chi connectivity index (χ0n) is 4.90. The summed E-state index contributed by atoms with van der Waals surface area (Å²) in [5, 5.41) is 9.93. The lowest BCUT2D eigenvalue weighted by Gasteiger charge is -2.00. The van der Waals surface area contributed by atoms with Crippen LogP contribution in [0, 0.1) is 0 Å². The highest BCUT2D eigenvalue weighted by Crippen LogP contribution is 2.00. The van der Waals surface area contributed by atoms with E-state index in [0.29, 0.717) is 0 Å². The Morgan fingerprint density at radius 2 is 1.86 bits per heavy atom. The Labute approximate surface area is 44.7 Å². The van der Waals surface area contributed by atoms with Gasteiger partial charge in [-0.1, -0.05) is 19.4 Å². The van der Waals surface area contributed by atoms with E-state index in [1.54, 1.807) is 0 Å². The molecule has 0 aromatic carbocycles. The fourth-order valence-corrected chi connectivity index (χ4v) is 0.417. The molecule has 0 unspecified atom stereocenters. The Morgan fingerprint density at radius 3 is 1.86 bits per heavy atom. The standard InChI is InChI=1S/C6H12O/c1-3-6(4-2)5-7/h5,7H,3-4H2,1-2H3/p-1. The first-order chi connectivity index (χ1) is 3.35. The molecule has 42 valence electrons. The second-order valence-corrected chi connectivity index (χ2v) is 1.48. The molecule has 0 atom stereocenters. The van der Waals surface area contributed by atoms with Crippen LogP contribution in [0.4, 0.5) is 0 Å². The van der Waals surface area contributed by atoms with Crippen LogP contribution >= 0.6 is 0 Å². The van der Waals surface area contributed by atoms with E-state index in [0.717, 1.165) is 24.7 Å². The number of allylic oxidation sites excluding steroid dienone is 1. The van der Waals surface area contributed by atoms with Gasteiger partial charge < -0.3 is 5.11 Å². The minimum Gasteiger partial charge on any atom is -0.878 e. The number of hydrogen-bond acceptors (Lipinski definition) is 1. The van der Waals surface area contributed by atoms with Crippen molar-refractivity contribution < 1.29 is 5.11 Å². The Balaban J connectivity index is 3.38. The van der Waals surface area contributed by atoms with Crippen LogP contribution in [0.2, 0.25) is 0 Å². The third kappa shape index (κ3) is 2.26. The van der Waals surface area contributed by atoms with Crippen LogP contribution in [-0.4, -0.2) is 0 Å². The molecule has 0 aromatic rings. The van der Waals surface area contributed by atoms with E-state index in [1.807, 2.05) is 13.8 Å². The predicted molar refractivity (Wildman–Crippen MR) is 28.7 cm³/mol. The van der Waals surface area contributed by atoms with Gasteiger partial charge in [-0.15, -0.1) is 6.26 Å². The molecule has 7 heavy (non-hydrogen) atoms. The maximum absolute atomic E-state index is 9.93. The molecule has 0 aliphatic heterocycles. The Morgan fingerprint density at radius 1 is 1.43 bits per heavy atom. The molecule has 0 spiro atoms. The highest BCUT2D eigenvalue weighted by molar-refractivity contribution is 4.93. The molecule has 0 amide bonds. The van der Waals surface area contributed by atoms with Crippen LogP contribution < -0.4 is 5.11 Å². The van der Waals surface area contributed by atoms with Gasteiger partial charge in [-0.25, -0.2) is 0 Å². The number of rotatable bonds is 2. The highest BCUT2D eigenvalue weighted by Gasteiger charge is 1.79. The van der Waals surface area contributed by atoms with Gasteiger partial charge in [-0.05, 0) is 12.8 Å². The molecular formula is C6H11O-. The minimum atomic E-state index is 0.903. The summed E-state index contributed by atoms with van der Waals surface area (Å²) in [4.78, 5) is 0. The summed E-state index contributed by atoms with van der Waals surface area (Å²) >= 11 is 0. The smallest absolute Gasteiger partial charge is 0.0358 e. The molecule has 0 heterocycles. The van der Waals surface area contributed by atoms with Crippen molar-refractivity contribution in [3.63, 3.8) is 0 Å². The van der Waals surface area contributed by atoms with Gasteiger partial charge in [0.05, 0.1) is 0 Å². The normalized spacial score (nSPS) is 8.29. The van der Waals surface area contributed by atoms with Gasteiger partial charge in [0.1, 0.15) is 0 Å². The molecule has 0 rings (SSSR count). The molecule has 1 nitrogen and oxygen atoms in total. The SMILES string of the molecule is CCC(=C[O-])CC. The molecule has 0 saturated heterocycles. The van der Waals surface area contributed by atoms with Crippen LogP contribution in [0.5, 0.6) is 0 Å². The van der Waals surface area contributed by atoms with E-state index in [4.69, 9.17) is 0 Å². The summed E-state index contributed by atoms with van der Waals surface area (Å²) in [5.41, 5.74) is 1.00. The average molecular weight is 99.2 g/mol. The summed E-state index contributed by atoms with van der Waals surface area (Å²) in [6.07, 6.45) is 2.75. The maximum Gasteiger partial charge on any atom is -0.0358 e. The first kappa shape index (κ1) is 6.54. The largest absolute Gasteiger partial charge is 0.878 e. The fourth-order valence-electron chi connectivity index (χ4n) is 0.417. The van der Waals surface area contributed by atoms with Gasteiger partial charge in [0, 0.05) is 0 Å². The van der Waals surface area contributed by atoms with E-state index in [9.17, 15) is 5.11 Å². The third-order valence-corrected chi connectivity index (χ3v) is 1.07. The van der Waals surface area contributed by atoms with Crippen LogP contribution in [0.25, 0.3) is 0 Å². The van der Waals surface area contributed by atoms with Gasteiger partial charge in [0.25, 0.3) is 0 Å². The second kappa shape index (κ2) is 3.72. The van der Waals surface area contributed by atoms with E-state index in [1.165, 1.54) is 0 Å². The molecule has 0 radical (unpaired) electrons. The Bertz CT molecular complexity index is 58.6. The molecule has 1 heteroatoms. The zero-order valence-corrected chi connectivity index (χ0v) is 4.90. The monoisotopic (exact) mass is 99.1 g/mol. The summed E-state index contributed by atoms with van der Waals surface area (Å²) in [7, 11) is 0. The fraction of sp³-hybridized carbons (Fsp3) is 0.667. The van der Waals surface area contributed by atoms with Gasteiger partial charge in [-0.3, -0.25) is 0 Å². The molecule has 0 aliphatic rings. The molecular weight excluding hydrogens is 88.1 g/mol. The van der Waals surface area contributed by atoms with E-state index in [-0.39, 0.29) is 0 Å². The van der Waals surface area contributed by atoms with Crippen molar-refractivity contribution in [3.8, 4) is 0 Å². The quantitative estimate of drug-likeness (QED) is 0.474. The van der Waals surface area contributed by atoms with Gasteiger partial charge in [0.2, 0.25) is 0 Å². The summed E-state index contributed by atoms with van der Waals surface area (Å²) in [6, 6.07) is 0. The van der Waals surface area contributed by atoms with E-state index in [2.05, 4.69) is 0 Å². The molecule has 0 bridgehead atoms. The lowest BCUT2D eigenvalue weighted by molar-refractivity contribution is -0.276.